The van der Waals surface area contributed by atoms with Crippen molar-refractivity contribution in [2.45, 2.75) is 6.42 Å². The molecule has 0 saturated heterocycles. The van der Waals surface area contributed by atoms with Crippen LogP contribution in [-0.4, -0.2) is 38.0 Å². The minimum Gasteiger partial charge on any atom is -0.342 e. The fourth-order valence-corrected chi connectivity index (χ4v) is 1.82. The van der Waals surface area contributed by atoms with Crippen molar-refractivity contribution < 1.29 is 9.18 Å². The molecule has 0 aromatic heterocycles. The lowest BCUT2D eigenvalue weighted by Gasteiger charge is -2.17. The number of nitrogens with one attached hydrogen (secondary N) is 1. The highest BCUT2D eigenvalue weighted by atomic mass is 79.9. The van der Waals surface area contributed by atoms with Crippen LogP contribution in [0.5, 0.6) is 0 Å². The van der Waals surface area contributed by atoms with Crippen LogP contribution in [0.25, 0.3) is 0 Å². The summed E-state index contributed by atoms with van der Waals surface area (Å²) in [5, 5.41) is 3.00. The first-order valence-electron chi connectivity index (χ1n) is 5.41. The Bertz CT molecular complexity index is 398. The molecule has 0 heterocycles. The molecule has 5 heteroatoms. The number of carbonyl (C=O) groups excluding carboxylic acids is 1. The molecule has 0 atom stereocenters. The number of hydrogen-bond acceptors (Lipinski definition) is 2. The van der Waals surface area contributed by atoms with Crippen LogP contribution >= 0.6 is 15.9 Å². The second-order valence-corrected chi connectivity index (χ2v) is 4.72. The molecule has 0 spiro atoms. The first-order chi connectivity index (χ1) is 8.06. The maximum atomic E-state index is 13.5. The Morgan fingerprint density at radius 1 is 1.53 bits per heavy atom. The topological polar surface area (TPSA) is 32.3 Å². The zero-order valence-electron chi connectivity index (χ0n) is 9.96. The number of rotatable bonds is 5. The number of carbonyl (C=O) groups is 1. The van der Waals surface area contributed by atoms with Crippen LogP contribution in [0.2, 0.25) is 0 Å². The summed E-state index contributed by atoms with van der Waals surface area (Å²) >= 11 is 3.23. The molecule has 0 unspecified atom stereocenters. The maximum absolute atomic E-state index is 13.5. The van der Waals surface area contributed by atoms with Gasteiger partial charge in [-0.2, -0.15) is 0 Å². The summed E-state index contributed by atoms with van der Waals surface area (Å²) in [4.78, 5) is 13.5. The smallest absolute Gasteiger partial charge is 0.256 e. The van der Waals surface area contributed by atoms with Gasteiger partial charge in [0.05, 0.1) is 5.56 Å². The monoisotopic (exact) mass is 302 g/mol. The number of halogens is 2. The van der Waals surface area contributed by atoms with Gasteiger partial charge < -0.3 is 10.2 Å². The zero-order valence-corrected chi connectivity index (χ0v) is 11.6. The third-order valence-corrected chi connectivity index (χ3v) is 2.92. The van der Waals surface area contributed by atoms with E-state index in [9.17, 15) is 9.18 Å². The third-order valence-electron chi connectivity index (χ3n) is 2.43. The van der Waals surface area contributed by atoms with E-state index in [1.807, 2.05) is 7.05 Å². The van der Waals surface area contributed by atoms with E-state index in [1.165, 1.54) is 17.0 Å². The first-order valence-corrected chi connectivity index (χ1v) is 6.20. The number of nitrogens with zero attached hydrogens (tertiary/aromatic N) is 1. The largest absolute Gasteiger partial charge is 0.342 e. The molecule has 0 fully saturated rings. The fourth-order valence-electron chi connectivity index (χ4n) is 1.46. The van der Waals surface area contributed by atoms with Crippen LogP contribution in [0, 0.1) is 5.82 Å². The van der Waals surface area contributed by atoms with Crippen molar-refractivity contribution in [3.63, 3.8) is 0 Å². The summed E-state index contributed by atoms with van der Waals surface area (Å²) in [6, 6.07) is 4.37. The van der Waals surface area contributed by atoms with Gasteiger partial charge >= 0.3 is 0 Å². The normalized spacial score (nSPS) is 10.4. The molecule has 0 aliphatic rings. The highest BCUT2D eigenvalue weighted by Crippen LogP contribution is 2.16. The molecule has 1 amide bonds. The van der Waals surface area contributed by atoms with E-state index in [0.29, 0.717) is 11.0 Å². The summed E-state index contributed by atoms with van der Waals surface area (Å²) < 4.78 is 14.2. The molecule has 0 radical (unpaired) electrons. The highest BCUT2D eigenvalue weighted by molar-refractivity contribution is 9.10. The molecule has 3 nitrogen and oxygen atoms in total. The van der Waals surface area contributed by atoms with Gasteiger partial charge in [-0.25, -0.2) is 4.39 Å². The van der Waals surface area contributed by atoms with Gasteiger partial charge in [0.25, 0.3) is 5.91 Å². The Labute approximate surface area is 109 Å². The Balaban J connectivity index is 2.71. The van der Waals surface area contributed by atoms with Crippen molar-refractivity contribution in [2.24, 2.45) is 0 Å². The number of amides is 1. The number of hydrogen-bond donors (Lipinski definition) is 1. The summed E-state index contributed by atoms with van der Waals surface area (Å²) in [6.07, 6.45) is 0.842. The van der Waals surface area contributed by atoms with Gasteiger partial charge in [-0.3, -0.25) is 4.79 Å². The van der Waals surface area contributed by atoms with E-state index in [4.69, 9.17) is 0 Å². The molecule has 0 bridgehead atoms. The summed E-state index contributed by atoms with van der Waals surface area (Å²) in [7, 11) is 3.54. The Kier molecular flexibility index (Phi) is 5.58. The molecule has 94 valence electrons. The van der Waals surface area contributed by atoms with Crippen LogP contribution in [0.15, 0.2) is 22.7 Å². The van der Waals surface area contributed by atoms with Gasteiger partial charge in [-0.1, -0.05) is 15.9 Å². The molecule has 1 aromatic carbocycles. The molecule has 0 aliphatic heterocycles. The van der Waals surface area contributed by atoms with Crippen molar-refractivity contribution in [2.75, 3.05) is 27.2 Å². The molecule has 1 N–H and O–H groups in total. The predicted molar refractivity (Wildman–Crippen MR) is 69.6 cm³/mol. The van der Waals surface area contributed by atoms with Crippen LogP contribution in [-0.2, 0) is 0 Å². The molecular weight excluding hydrogens is 287 g/mol. The minimum absolute atomic E-state index is 0.103. The molecule has 17 heavy (non-hydrogen) atoms. The van der Waals surface area contributed by atoms with Gasteiger partial charge in [0.1, 0.15) is 5.82 Å². The lowest BCUT2D eigenvalue weighted by atomic mass is 10.2. The van der Waals surface area contributed by atoms with Crippen LogP contribution in [0.4, 0.5) is 4.39 Å². The van der Waals surface area contributed by atoms with E-state index in [1.54, 1.807) is 13.1 Å². The van der Waals surface area contributed by atoms with Crippen molar-refractivity contribution in [3.05, 3.63) is 34.1 Å². The molecule has 0 saturated carbocycles. The first kappa shape index (κ1) is 14.1. The van der Waals surface area contributed by atoms with Crippen molar-refractivity contribution in [3.8, 4) is 0 Å². The Morgan fingerprint density at radius 2 is 2.24 bits per heavy atom. The van der Waals surface area contributed by atoms with Crippen LogP contribution in [0.1, 0.15) is 16.8 Å². The van der Waals surface area contributed by atoms with E-state index in [-0.39, 0.29) is 11.5 Å². The van der Waals surface area contributed by atoms with E-state index in [0.717, 1.165) is 13.0 Å². The number of benzene rings is 1. The minimum atomic E-state index is -0.487. The van der Waals surface area contributed by atoms with E-state index < -0.39 is 5.82 Å². The SMILES string of the molecule is CNCCCN(C)C(=O)c1cc(Br)ccc1F. The molecule has 1 rings (SSSR count). The Morgan fingerprint density at radius 3 is 2.88 bits per heavy atom. The van der Waals surface area contributed by atoms with Crippen molar-refractivity contribution >= 4 is 21.8 Å². The summed E-state index contributed by atoms with van der Waals surface area (Å²) in [5.74, 6) is -0.779. The Hall–Kier alpha value is -0.940. The van der Waals surface area contributed by atoms with Crippen LogP contribution in [0.3, 0.4) is 0 Å². The zero-order chi connectivity index (χ0) is 12.8. The van der Waals surface area contributed by atoms with Gasteiger partial charge in [-0.05, 0) is 38.2 Å². The van der Waals surface area contributed by atoms with Crippen molar-refractivity contribution in [1.29, 1.82) is 0 Å². The maximum Gasteiger partial charge on any atom is 0.256 e. The van der Waals surface area contributed by atoms with Gasteiger partial charge in [0.15, 0.2) is 0 Å². The highest BCUT2D eigenvalue weighted by Gasteiger charge is 2.15. The van der Waals surface area contributed by atoms with Crippen molar-refractivity contribution in [1.82, 2.24) is 10.2 Å². The average molecular weight is 303 g/mol. The van der Waals surface area contributed by atoms with Crippen LogP contribution < -0.4 is 5.32 Å². The second-order valence-electron chi connectivity index (χ2n) is 3.81. The lowest BCUT2D eigenvalue weighted by molar-refractivity contribution is 0.0789. The molecule has 1 aromatic rings. The fraction of sp³-hybridized carbons (Fsp3) is 0.417. The average Bonchev–Trinajstić information content (AvgIpc) is 2.31. The molecular formula is C12H16BrFN2O. The lowest BCUT2D eigenvalue weighted by Crippen LogP contribution is -2.30. The quantitative estimate of drug-likeness (QED) is 0.846. The summed E-state index contributed by atoms with van der Waals surface area (Å²) in [5.41, 5.74) is 0.103. The van der Waals surface area contributed by atoms with E-state index in [2.05, 4.69) is 21.2 Å². The standard InChI is InChI=1S/C12H16BrFN2O/c1-15-6-3-7-16(2)12(17)10-8-9(13)4-5-11(10)14/h4-5,8,15H,3,6-7H2,1-2H3. The molecule has 0 aliphatic carbocycles. The summed E-state index contributed by atoms with van der Waals surface area (Å²) in [6.45, 7) is 1.43. The predicted octanol–water partition coefficient (Wildman–Crippen LogP) is 2.27. The van der Waals surface area contributed by atoms with Gasteiger partial charge in [0.2, 0.25) is 0 Å². The van der Waals surface area contributed by atoms with Gasteiger partial charge in [0, 0.05) is 18.1 Å². The second kappa shape index (κ2) is 6.71. The third kappa shape index (κ3) is 4.09. The van der Waals surface area contributed by atoms with E-state index >= 15 is 0 Å². The van der Waals surface area contributed by atoms with Gasteiger partial charge in [-0.15, -0.1) is 0 Å².